The van der Waals surface area contributed by atoms with Gasteiger partial charge in [-0.05, 0) is 57.9 Å². The highest BCUT2D eigenvalue weighted by Crippen LogP contribution is 2.35. The highest BCUT2D eigenvalue weighted by Gasteiger charge is 2.41. The number of nitrogens with zero attached hydrogens (tertiary/aromatic N) is 4. The van der Waals surface area contributed by atoms with Crippen molar-refractivity contribution >= 4 is 29.3 Å². The molecule has 1 aliphatic heterocycles. The van der Waals surface area contributed by atoms with Gasteiger partial charge in [-0.2, -0.15) is 23.5 Å². The van der Waals surface area contributed by atoms with Gasteiger partial charge >= 0.3 is 12.3 Å². The number of ketones is 1. The second kappa shape index (κ2) is 10.1. The molecule has 2 heterocycles. The van der Waals surface area contributed by atoms with Crippen LogP contribution in [0.2, 0.25) is 0 Å². The molecule has 1 aromatic heterocycles. The van der Waals surface area contributed by atoms with Crippen LogP contribution >= 0.6 is 0 Å². The number of alkyl halides is 3. The number of primary amides is 1. The van der Waals surface area contributed by atoms with Gasteiger partial charge in [0, 0.05) is 30.5 Å². The van der Waals surface area contributed by atoms with Crippen LogP contribution in [0.15, 0.2) is 30.5 Å². The third-order valence-corrected chi connectivity index (χ3v) is 5.89. The molecule has 0 spiro atoms. The van der Waals surface area contributed by atoms with E-state index in [0.29, 0.717) is 25.9 Å². The van der Waals surface area contributed by atoms with E-state index >= 15 is 0 Å². The Labute approximate surface area is 211 Å². The number of anilines is 2. The van der Waals surface area contributed by atoms with Crippen LogP contribution in [0.1, 0.15) is 60.7 Å². The van der Waals surface area contributed by atoms with Gasteiger partial charge in [0.2, 0.25) is 0 Å². The van der Waals surface area contributed by atoms with E-state index in [4.69, 9.17) is 10.5 Å². The summed E-state index contributed by atoms with van der Waals surface area (Å²) in [5.74, 6) is -2.75. The van der Waals surface area contributed by atoms with Crippen LogP contribution in [0.25, 0.3) is 0 Å². The van der Waals surface area contributed by atoms with Gasteiger partial charge in [-0.25, -0.2) is 4.79 Å². The van der Waals surface area contributed by atoms with Gasteiger partial charge in [0.1, 0.15) is 11.2 Å². The molecule has 13 heteroatoms. The summed E-state index contributed by atoms with van der Waals surface area (Å²) >= 11 is 0. The molecule has 1 saturated heterocycles. The highest BCUT2D eigenvalue weighted by atomic mass is 19.4. The fraction of sp³-hybridized carbons (Fsp3) is 0.458. The Morgan fingerprint density at radius 1 is 1.16 bits per heavy atom. The van der Waals surface area contributed by atoms with E-state index in [-0.39, 0.29) is 23.5 Å². The lowest BCUT2D eigenvalue weighted by Crippen LogP contribution is -2.49. The summed E-state index contributed by atoms with van der Waals surface area (Å²) in [5.41, 5.74) is 3.76. The fourth-order valence-electron chi connectivity index (χ4n) is 3.96. The number of halogens is 3. The average molecular weight is 521 g/mol. The molecular formula is C24H27F3N6O4. The third-order valence-electron chi connectivity index (χ3n) is 5.89. The van der Waals surface area contributed by atoms with E-state index in [2.05, 4.69) is 16.5 Å². The zero-order valence-corrected chi connectivity index (χ0v) is 20.6. The van der Waals surface area contributed by atoms with E-state index < -0.39 is 40.7 Å². The van der Waals surface area contributed by atoms with E-state index in [9.17, 15) is 32.8 Å². The number of nitriles is 1. The van der Waals surface area contributed by atoms with Crippen molar-refractivity contribution in [3.8, 4) is 6.07 Å². The molecule has 2 amide bonds. The standard InChI is InChI=1S/C24H27F3N6O4/c1-22(2,3)37-21(36)32-12-9-23(8-11-28,10-13-32)33-14-17(19(29)35)20(31-33)30-16-6-4-15(5-7-16)18(34)24(25,26)27/h4-7,14H,8-10,12-13H2,1-3H3,(H2,29,35)(H,30,31). The van der Waals surface area contributed by atoms with Gasteiger partial charge in [-0.3, -0.25) is 14.3 Å². The summed E-state index contributed by atoms with van der Waals surface area (Å²) in [6.45, 7) is 5.88. The topological polar surface area (TPSA) is 143 Å². The minimum Gasteiger partial charge on any atom is -0.444 e. The number of amides is 2. The van der Waals surface area contributed by atoms with Crippen LogP contribution in [0, 0.1) is 11.3 Å². The number of carbonyl (C=O) groups is 3. The van der Waals surface area contributed by atoms with Gasteiger partial charge in [-0.1, -0.05) is 0 Å². The first kappa shape index (κ1) is 27.5. The summed E-state index contributed by atoms with van der Waals surface area (Å²) in [5, 5.41) is 16.8. The van der Waals surface area contributed by atoms with Crippen LogP contribution in [-0.4, -0.2) is 57.3 Å². The Morgan fingerprint density at radius 2 is 1.76 bits per heavy atom. The third kappa shape index (κ3) is 6.38. The van der Waals surface area contributed by atoms with Crippen LogP contribution < -0.4 is 11.1 Å². The van der Waals surface area contributed by atoms with E-state index in [1.54, 1.807) is 25.7 Å². The second-order valence-corrected chi connectivity index (χ2v) is 9.76. The minimum atomic E-state index is -5.00. The Morgan fingerprint density at radius 3 is 2.24 bits per heavy atom. The smallest absolute Gasteiger partial charge is 0.444 e. The summed E-state index contributed by atoms with van der Waals surface area (Å²) in [6, 6.07) is 6.63. The first-order chi connectivity index (χ1) is 17.1. The Bertz CT molecular complexity index is 1220. The molecule has 1 aromatic carbocycles. The van der Waals surface area contributed by atoms with Crippen LogP contribution in [0.4, 0.5) is 29.5 Å². The first-order valence-corrected chi connectivity index (χ1v) is 11.4. The van der Waals surface area contributed by atoms with Gasteiger partial charge in [0.05, 0.1) is 18.0 Å². The predicted molar refractivity (Wildman–Crippen MR) is 126 cm³/mol. The molecule has 0 bridgehead atoms. The monoisotopic (exact) mass is 520 g/mol. The molecule has 1 fully saturated rings. The van der Waals surface area contributed by atoms with Crippen molar-refractivity contribution in [2.24, 2.45) is 5.73 Å². The van der Waals surface area contributed by atoms with Gasteiger partial charge in [0.15, 0.2) is 5.82 Å². The van der Waals surface area contributed by atoms with Crippen molar-refractivity contribution in [1.29, 1.82) is 5.26 Å². The highest BCUT2D eigenvalue weighted by molar-refractivity contribution is 6.01. The summed E-state index contributed by atoms with van der Waals surface area (Å²) in [4.78, 5) is 37.5. The van der Waals surface area contributed by atoms with E-state index in [1.807, 2.05) is 0 Å². The van der Waals surface area contributed by atoms with Crippen LogP contribution in [0.3, 0.4) is 0 Å². The average Bonchev–Trinajstić information content (AvgIpc) is 3.23. The largest absolute Gasteiger partial charge is 0.454 e. The van der Waals surface area contributed by atoms with Crippen LogP contribution in [0.5, 0.6) is 0 Å². The van der Waals surface area contributed by atoms with Gasteiger partial charge in [-0.15, -0.1) is 0 Å². The molecule has 198 valence electrons. The molecular weight excluding hydrogens is 493 g/mol. The quantitative estimate of drug-likeness (QED) is 0.546. The van der Waals surface area contributed by atoms with Crippen molar-refractivity contribution in [3.05, 3.63) is 41.6 Å². The molecule has 0 aliphatic carbocycles. The Hall–Kier alpha value is -4.08. The van der Waals surface area contributed by atoms with E-state index in [0.717, 1.165) is 12.1 Å². The zero-order chi connectivity index (χ0) is 27.6. The maximum absolute atomic E-state index is 12.7. The lowest BCUT2D eigenvalue weighted by molar-refractivity contribution is -0.0885. The first-order valence-electron chi connectivity index (χ1n) is 11.4. The molecule has 1 aliphatic rings. The number of aromatic nitrogens is 2. The SMILES string of the molecule is CC(C)(C)OC(=O)N1CCC(CC#N)(n2cc(C(N)=O)c(Nc3ccc(C(=O)C(F)(F)F)cc3)n2)CC1. The maximum Gasteiger partial charge on any atom is 0.454 e. The predicted octanol–water partition coefficient (Wildman–Crippen LogP) is 4.11. The number of ether oxygens (including phenoxy) is 1. The van der Waals surface area contributed by atoms with Crippen LogP contribution in [-0.2, 0) is 10.3 Å². The number of likely N-dealkylation sites (tertiary alicyclic amines) is 1. The number of nitrogens with two attached hydrogens (primary N) is 1. The fourth-order valence-corrected chi connectivity index (χ4v) is 3.96. The molecule has 3 rings (SSSR count). The second-order valence-electron chi connectivity index (χ2n) is 9.76. The number of piperidine rings is 1. The maximum atomic E-state index is 12.7. The number of nitrogens with one attached hydrogen (secondary N) is 1. The summed E-state index contributed by atoms with van der Waals surface area (Å²) in [7, 11) is 0. The minimum absolute atomic E-state index is 0.00216. The molecule has 2 aromatic rings. The zero-order valence-electron chi connectivity index (χ0n) is 20.6. The van der Waals surface area contributed by atoms with E-state index in [1.165, 1.54) is 23.0 Å². The lowest BCUT2D eigenvalue weighted by Gasteiger charge is -2.40. The number of hydrogen-bond donors (Lipinski definition) is 2. The number of rotatable bonds is 6. The summed E-state index contributed by atoms with van der Waals surface area (Å²) < 4.78 is 44.9. The van der Waals surface area contributed by atoms with Crippen molar-refractivity contribution in [2.75, 3.05) is 18.4 Å². The molecule has 37 heavy (non-hydrogen) atoms. The molecule has 0 saturated carbocycles. The molecule has 0 unspecified atom stereocenters. The van der Waals surface area contributed by atoms with Crippen molar-refractivity contribution in [2.45, 2.75) is 57.3 Å². The Kier molecular flexibility index (Phi) is 7.52. The van der Waals surface area contributed by atoms with Gasteiger partial charge < -0.3 is 20.7 Å². The molecule has 0 radical (unpaired) electrons. The lowest BCUT2D eigenvalue weighted by atomic mass is 9.85. The van der Waals surface area contributed by atoms with Crippen molar-refractivity contribution in [1.82, 2.24) is 14.7 Å². The number of benzene rings is 1. The number of carbonyl (C=O) groups excluding carboxylic acids is 3. The van der Waals surface area contributed by atoms with Crippen molar-refractivity contribution in [3.63, 3.8) is 0 Å². The number of hydrogen-bond acceptors (Lipinski definition) is 7. The Balaban J connectivity index is 1.84. The molecule has 0 atom stereocenters. The number of Topliss-reactive ketones (excluding diaryl/α,β-unsaturated/α-hetero) is 1. The summed E-state index contributed by atoms with van der Waals surface area (Å²) in [6.07, 6.45) is -3.30. The van der Waals surface area contributed by atoms with Gasteiger partial charge in [0.25, 0.3) is 11.7 Å². The van der Waals surface area contributed by atoms with Crippen molar-refractivity contribution < 1.29 is 32.3 Å². The normalized spacial score (nSPS) is 15.5. The molecule has 10 nitrogen and oxygen atoms in total. The molecule has 3 N–H and O–H groups in total.